The van der Waals surface area contributed by atoms with Crippen LogP contribution in [0.2, 0.25) is 0 Å². The fourth-order valence-electron chi connectivity index (χ4n) is 10.2. The number of hydrogen-bond donors (Lipinski definition) is 0. The van der Waals surface area contributed by atoms with Crippen LogP contribution in [-0.4, -0.2) is 19.1 Å². The molecule has 0 bridgehead atoms. The van der Waals surface area contributed by atoms with Crippen LogP contribution in [0.1, 0.15) is 5.56 Å². The maximum Gasteiger partial charge on any atom is 0.160 e. The molecule has 0 radical (unpaired) electrons. The molecule has 0 saturated heterocycles. The van der Waals surface area contributed by atoms with Crippen LogP contribution < -0.4 is 0 Å². The van der Waals surface area contributed by atoms with Gasteiger partial charge in [-0.15, -0.1) is 0 Å². The minimum Gasteiger partial charge on any atom is -0.309 e. The number of aromatic nitrogens is 4. The van der Waals surface area contributed by atoms with E-state index in [-0.39, 0.29) is 0 Å². The van der Waals surface area contributed by atoms with Crippen molar-refractivity contribution in [3.8, 4) is 62.3 Å². The van der Waals surface area contributed by atoms with Crippen molar-refractivity contribution in [2.45, 2.75) is 0 Å². The third kappa shape index (κ3) is 5.86. The van der Waals surface area contributed by atoms with Gasteiger partial charge in [-0.3, -0.25) is 0 Å². The van der Waals surface area contributed by atoms with E-state index >= 15 is 0 Å². The third-order valence-electron chi connectivity index (χ3n) is 13.1. The first kappa shape index (κ1) is 37.4. The Balaban J connectivity index is 0.971. The maximum absolute atomic E-state index is 9.63. The van der Waals surface area contributed by atoms with Crippen molar-refractivity contribution in [3.63, 3.8) is 0 Å². The Kier molecular flexibility index (Phi) is 8.52. The van der Waals surface area contributed by atoms with Crippen LogP contribution in [0, 0.1) is 11.3 Å². The van der Waals surface area contributed by atoms with Crippen LogP contribution in [0.15, 0.2) is 224 Å². The SMILES string of the molecule is N#Cc1cccc(-c2cccc(-c3nc(-c4ccc(-n5c6ccccc6c6c(-c7cccc8c7c7ccccc7n8-c7ccccc7)cccc65)cc4)nc4c3ccc3ccccc34)c2)c1. The van der Waals surface area contributed by atoms with Gasteiger partial charge in [0.05, 0.1) is 44.9 Å². The molecular formula is C61H37N5. The molecule has 0 fully saturated rings. The van der Waals surface area contributed by atoms with Gasteiger partial charge in [0.25, 0.3) is 0 Å². The summed E-state index contributed by atoms with van der Waals surface area (Å²) in [6.07, 6.45) is 0. The van der Waals surface area contributed by atoms with Gasteiger partial charge < -0.3 is 9.13 Å². The molecule has 3 heterocycles. The van der Waals surface area contributed by atoms with E-state index in [0.29, 0.717) is 11.4 Å². The highest BCUT2D eigenvalue weighted by Crippen LogP contribution is 2.44. The molecule has 5 nitrogen and oxygen atoms in total. The van der Waals surface area contributed by atoms with Gasteiger partial charge >= 0.3 is 0 Å². The molecule has 13 aromatic rings. The van der Waals surface area contributed by atoms with Crippen LogP contribution >= 0.6 is 0 Å². The second-order valence-corrected chi connectivity index (χ2v) is 16.8. The van der Waals surface area contributed by atoms with Crippen molar-refractivity contribution < 1.29 is 0 Å². The van der Waals surface area contributed by atoms with Crippen LogP contribution in [0.4, 0.5) is 0 Å². The van der Waals surface area contributed by atoms with Crippen LogP contribution in [0.25, 0.3) is 122 Å². The largest absolute Gasteiger partial charge is 0.309 e. The molecule has 3 aromatic heterocycles. The standard InChI is InChI=1S/C61H37N5/c62-38-39-14-10-16-42(36-39)43-17-11-18-44(37-43)59-52-35-32-40-15-4-5-21-47(40)60(52)64-61(63-59)41-30-33-46(34-31-41)66-54-27-9-7-23-51(54)58-49(25-13-29-56(58)66)48-24-12-28-55-57(48)50-22-6-8-26-53(50)65(55)45-19-2-1-3-20-45/h1-37H. The van der Waals surface area contributed by atoms with Crippen molar-refractivity contribution in [3.05, 3.63) is 230 Å². The predicted octanol–water partition coefficient (Wildman–Crippen LogP) is 15.5. The zero-order chi connectivity index (χ0) is 43.7. The Morgan fingerprint density at radius 2 is 0.909 bits per heavy atom. The first-order valence-electron chi connectivity index (χ1n) is 22.2. The fourth-order valence-corrected chi connectivity index (χ4v) is 10.2. The molecule has 13 rings (SSSR count). The van der Waals surface area contributed by atoms with Crippen LogP contribution in [0.3, 0.4) is 0 Å². The summed E-state index contributed by atoms with van der Waals surface area (Å²) in [5.41, 5.74) is 15.6. The van der Waals surface area contributed by atoms with E-state index in [1.54, 1.807) is 0 Å². The van der Waals surface area contributed by atoms with Gasteiger partial charge in [-0.25, -0.2) is 9.97 Å². The van der Waals surface area contributed by atoms with Gasteiger partial charge in [0.2, 0.25) is 0 Å². The Bertz CT molecular complexity index is 4110. The normalized spacial score (nSPS) is 11.6. The third-order valence-corrected chi connectivity index (χ3v) is 13.1. The van der Waals surface area contributed by atoms with E-state index in [9.17, 15) is 5.26 Å². The smallest absolute Gasteiger partial charge is 0.160 e. The van der Waals surface area contributed by atoms with E-state index in [1.807, 2.05) is 24.3 Å². The lowest BCUT2D eigenvalue weighted by molar-refractivity contribution is 1.17. The summed E-state index contributed by atoms with van der Waals surface area (Å²) < 4.78 is 4.77. The summed E-state index contributed by atoms with van der Waals surface area (Å²) in [4.78, 5) is 10.7. The van der Waals surface area contributed by atoms with Gasteiger partial charge in [0.15, 0.2) is 5.82 Å². The molecule has 0 unspecified atom stereocenters. The van der Waals surface area contributed by atoms with Gasteiger partial charge in [-0.2, -0.15) is 5.26 Å². The molecule has 0 aliphatic rings. The van der Waals surface area contributed by atoms with Gasteiger partial charge in [-0.05, 0) is 113 Å². The van der Waals surface area contributed by atoms with Gasteiger partial charge in [0, 0.05) is 54.8 Å². The molecule has 66 heavy (non-hydrogen) atoms. The molecule has 10 aromatic carbocycles. The molecular weight excluding hydrogens is 803 g/mol. The van der Waals surface area contributed by atoms with E-state index in [0.717, 1.165) is 72.0 Å². The number of benzene rings is 10. The average molecular weight is 840 g/mol. The molecule has 0 saturated carbocycles. The molecule has 5 heteroatoms. The number of nitriles is 1. The quantitative estimate of drug-likeness (QED) is 0.157. The first-order valence-corrected chi connectivity index (χ1v) is 22.2. The first-order chi connectivity index (χ1) is 32.7. The molecule has 0 atom stereocenters. The van der Waals surface area contributed by atoms with E-state index in [2.05, 4.69) is 215 Å². The average Bonchev–Trinajstić information content (AvgIpc) is 3.92. The molecule has 0 aliphatic carbocycles. The summed E-state index contributed by atoms with van der Waals surface area (Å²) in [7, 11) is 0. The summed E-state index contributed by atoms with van der Waals surface area (Å²) in [5.74, 6) is 0.657. The van der Waals surface area contributed by atoms with Crippen molar-refractivity contribution in [2.75, 3.05) is 0 Å². The molecule has 0 amide bonds. The number of rotatable bonds is 6. The van der Waals surface area contributed by atoms with Crippen molar-refractivity contribution >= 4 is 65.3 Å². The lowest BCUT2D eigenvalue weighted by Crippen LogP contribution is -1.97. The lowest BCUT2D eigenvalue weighted by atomic mass is 9.95. The Hall–Kier alpha value is -9.11. The molecule has 0 spiro atoms. The Labute approximate surface area is 380 Å². The molecule has 306 valence electrons. The van der Waals surface area contributed by atoms with Crippen molar-refractivity contribution in [1.29, 1.82) is 5.26 Å². The summed E-state index contributed by atoms with van der Waals surface area (Å²) >= 11 is 0. The minimum absolute atomic E-state index is 0.630. The second kappa shape index (κ2) is 15.0. The predicted molar refractivity (Wildman–Crippen MR) is 272 cm³/mol. The summed E-state index contributed by atoms with van der Waals surface area (Å²) in [6.45, 7) is 0. The monoisotopic (exact) mass is 839 g/mol. The summed E-state index contributed by atoms with van der Waals surface area (Å²) in [5, 5.41) is 17.7. The highest BCUT2D eigenvalue weighted by atomic mass is 15.0. The van der Waals surface area contributed by atoms with E-state index < -0.39 is 0 Å². The topological polar surface area (TPSA) is 59.4 Å². The number of para-hydroxylation sites is 3. The summed E-state index contributed by atoms with van der Waals surface area (Å²) in [6, 6.07) is 81.5. The van der Waals surface area contributed by atoms with Crippen molar-refractivity contribution in [2.24, 2.45) is 0 Å². The van der Waals surface area contributed by atoms with Gasteiger partial charge in [0.1, 0.15) is 0 Å². The minimum atomic E-state index is 0.630. The highest BCUT2D eigenvalue weighted by molar-refractivity contribution is 6.22. The number of nitrogens with zero attached hydrogens (tertiary/aromatic N) is 5. The molecule has 0 N–H and O–H groups in total. The maximum atomic E-state index is 9.63. The van der Waals surface area contributed by atoms with Crippen LogP contribution in [-0.2, 0) is 0 Å². The lowest BCUT2D eigenvalue weighted by Gasteiger charge is -2.13. The van der Waals surface area contributed by atoms with Crippen LogP contribution in [0.5, 0.6) is 0 Å². The van der Waals surface area contributed by atoms with Gasteiger partial charge in [-0.1, -0.05) is 140 Å². The van der Waals surface area contributed by atoms with Crippen molar-refractivity contribution in [1.82, 2.24) is 19.1 Å². The molecule has 0 aliphatic heterocycles. The van der Waals surface area contributed by atoms with E-state index in [4.69, 9.17) is 9.97 Å². The van der Waals surface area contributed by atoms with E-state index in [1.165, 1.54) is 43.7 Å². The fraction of sp³-hybridized carbons (Fsp3) is 0. The Morgan fingerprint density at radius 1 is 0.364 bits per heavy atom. The number of hydrogen-bond acceptors (Lipinski definition) is 3. The zero-order valence-electron chi connectivity index (χ0n) is 35.6. The highest BCUT2D eigenvalue weighted by Gasteiger charge is 2.21. The Morgan fingerprint density at radius 3 is 1.59 bits per heavy atom. The number of fused-ring (bicyclic) bond motifs is 9. The zero-order valence-corrected chi connectivity index (χ0v) is 35.6. The second-order valence-electron chi connectivity index (χ2n) is 16.8.